The molecule has 200 valence electrons. The summed E-state index contributed by atoms with van der Waals surface area (Å²) < 4.78 is 0. The van der Waals surface area contributed by atoms with E-state index in [1.165, 1.54) is 0 Å². The van der Waals surface area contributed by atoms with Crippen molar-refractivity contribution in [2.45, 2.75) is 57.8 Å². The molecule has 0 unspecified atom stereocenters. The summed E-state index contributed by atoms with van der Waals surface area (Å²) in [5.74, 6) is -2.19. The van der Waals surface area contributed by atoms with Gasteiger partial charge in [-0.2, -0.15) is 0 Å². The van der Waals surface area contributed by atoms with Crippen molar-refractivity contribution in [3.63, 3.8) is 0 Å². The molecule has 0 radical (unpaired) electrons. The molecule has 0 aliphatic carbocycles. The van der Waals surface area contributed by atoms with E-state index in [0.717, 1.165) is 22.8 Å². The summed E-state index contributed by atoms with van der Waals surface area (Å²) in [6.07, 6.45) is 1.54. The Kier molecular flexibility index (Phi) is 9.99. The van der Waals surface area contributed by atoms with Crippen LogP contribution in [-0.2, 0) is 25.7 Å². The number of rotatable bonds is 13. The van der Waals surface area contributed by atoms with Crippen LogP contribution in [0.15, 0.2) is 42.5 Å². The molecule has 1 aliphatic rings. The third-order valence-electron chi connectivity index (χ3n) is 6.88. The number of aliphatic hydroxyl groups is 1. The maximum absolute atomic E-state index is 12.9. The van der Waals surface area contributed by atoms with Gasteiger partial charge in [0.2, 0.25) is 17.7 Å². The number of hydrogen-bond donors (Lipinski definition) is 5. The summed E-state index contributed by atoms with van der Waals surface area (Å²) >= 11 is 0. The number of fused-ring (bicyclic) bond motifs is 1. The van der Waals surface area contributed by atoms with Gasteiger partial charge in [-0.1, -0.05) is 62.7 Å². The number of amides is 3. The zero-order valence-corrected chi connectivity index (χ0v) is 21.3. The van der Waals surface area contributed by atoms with Crippen molar-refractivity contribution in [1.82, 2.24) is 20.9 Å². The van der Waals surface area contributed by atoms with Crippen LogP contribution >= 0.6 is 0 Å². The minimum Gasteiger partial charge on any atom is -0.480 e. The van der Waals surface area contributed by atoms with Crippen LogP contribution in [0.2, 0.25) is 0 Å². The predicted octanol–water partition coefficient (Wildman–Crippen LogP) is 1.01. The molecule has 0 aromatic heterocycles. The molecule has 2 aromatic rings. The summed E-state index contributed by atoms with van der Waals surface area (Å²) in [6.45, 7) is 3.89. The van der Waals surface area contributed by atoms with E-state index in [2.05, 4.69) is 16.0 Å². The van der Waals surface area contributed by atoms with Crippen molar-refractivity contribution < 1.29 is 29.4 Å². The van der Waals surface area contributed by atoms with E-state index in [9.17, 15) is 29.4 Å². The summed E-state index contributed by atoms with van der Waals surface area (Å²) in [5.41, 5.74) is 0.986. The van der Waals surface area contributed by atoms with Gasteiger partial charge in [0.05, 0.1) is 13.2 Å². The van der Waals surface area contributed by atoms with Crippen LogP contribution in [-0.4, -0.2) is 76.6 Å². The van der Waals surface area contributed by atoms with E-state index in [1.54, 1.807) is 0 Å². The van der Waals surface area contributed by atoms with Gasteiger partial charge in [0.25, 0.3) is 0 Å². The molecule has 3 rings (SSSR count). The molecular formula is C27H36N4O6. The van der Waals surface area contributed by atoms with Gasteiger partial charge >= 0.3 is 5.97 Å². The van der Waals surface area contributed by atoms with Gasteiger partial charge in [-0.3, -0.25) is 19.3 Å². The second-order valence-electron chi connectivity index (χ2n) is 9.61. The number of carboxylic acid groups (broad SMARTS) is 1. The average molecular weight is 513 g/mol. The van der Waals surface area contributed by atoms with E-state index < -0.39 is 30.6 Å². The van der Waals surface area contributed by atoms with Crippen molar-refractivity contribution in [3.05, 3.63) is 48.0 Å². The fraction of sp³-hybridized carbons (Fsp3) is 0.481. The van der Waals surface area contributed by atoms with E-state index in [4.69, 9.17) is 0 Å². The molecule has 10 heteroatoms. The lowest BCUT2D eigenvalue weighted by atomic mass is 9.97. The zero-order valence-electron chi connectivity index (χ0n) is 21.3. The third-order valence-corrected chi connectivity index (χ3v) is 6.88. The van der Waals surface area contributed by atoms with E-state index >= 15 is 0 Å². The largest absolute Gasteiger partial charge is 0.480 e. The minimum atomic E-state index is -1.40. The second kappa shape index (κ2) is 13.2. The maximum Gasteiger partial charge on any atom is 0.328 e. The van der Waals surface area contributed by atoms with Crippen LogP contribution in [0, 0.1) is 5.92 Å². The standard InChI is InChI=1S/C27H36N4O6/c1-3-17(2)22(30-26(35)21-11-12-24(33)28-21)14-31(15-25(34)29-23(16-32)27(36)37)13-19-9-6-8-18-7-4-5-10-20(18)19/h4-10,17,21-23,32H,3,11-16H2,1-2H3,(H,28,33)(H,29,34)(H,30,35)(H,36,37)/t17-,21-,22+,23-/m0/s1. The molecule has 2 aromatic carbocycles. The normalized spacial score (nSPS) is 17.7. The first-order chi connectivity index (χ1) is 17.7. The number of nitrogens with one attached hydrogen (secondary N) is 3. The van der Waals surface area contributed by atoms with Crippen LogP contribution in [0.4, 0.5) is 0 Å². The molecule has 0 bridgehead atoms. The van der Waals surface area contributed by atoms with Crippen LogP contribution < -0.4 is 16.0 Å². The number of nitrogens with zero attached hydrogens (tertiary/aromatic N) is 1. The lowest BCUT2D eigenvalue weighted by Gasteiger charge is -2.32. The van der Waals surface area contributed by atoms with Gasteiger partial charge in [-0.25, -0.2) is 4.79 Å². The van der Waals surface area contributed by atoms with Gasteiger partial charge in [0.1, 0.15) is 12.1 Å². The van der Waals surface area contributed by atoms with E-state index in [-0.39, 0.29) is 30.3 Å². The van der Waals surface area contributed by atoms with Gasteiger partial charge in [0, 0.05) is 25.6 Å². The minimum absolute atomic E-state index is 0.0725. The molecule has 10 nitrogen and oxygen atoms in total. The fourth-order valence-electron chi connectivity index (χ4n) is 4.51. The lowest BCUT2D eigenvalue weighted by molar-refractivity contribution is -0.143. The Hall–Kier alpha value is -3.50. The molecule has 1 aliphatic heterocycles. The van der Waals surface area contributed by atoms with Gasteiger partial charge in [0.15, 0.2) is 0 Å². The van der Waals surface area contributed by atoms with Gasteiger partial charge < -0.3 is 26.2 Å². The Morgan fingerprint density at radius 2 is 1.86 bits per heavy atom. The Balaban J connectivity index is 1.83. The van der Waals surface area contributed by atoms with Crippen molar-refractivity contribution in [1.29, 1.82) is 0 Å². The first-order valence-corrected chi connectivity index (χ1v) is 12.6. The number of carboxylic acids is 1. The SMILES string of the molecule is CC[C@H](C)[C@@H](CN(CC(=O)N[C@@H](CO)C(=O)O)Cc1cccc2ccccc12)NC(=O)[C@@H]1CCC(=O)N1. The van der Waals surface area contributed by atoms with Gasteiger partial charge in [-0.15, -0.1) is 0 Å². The first-order valence-electron chi connectivity index (χ1n) is 12.6. The predicted molar refractivity (Wildman–Crippen MR) is 138 cm³/mol. The quantitative estimate of drug-likeness (QED) is 0.269. The highest BCUT2D eigenvalue weighted by Crippen LogP contribution is 2.21. The monoisotopic (exact) mass is 512 g/mol. The maximum atomic E-state index is 12.9. The van der Waals surface area contributed by atoms with Crippen molar-refractivity contribution in [3.8, 4) is 0 Å². The highest BCUT2D eigenvalue weighted by atomic mass is 16.4. The zero-order chi connectivity index (χ0) is 26.9. The number of aliphatic hydroxyl groups excluding tert-OH is 1. The van der Waals surface area contributed by atoms with Crippen molar-refractivity contribution in [2.24, 2.45) is 5.92 Å². The van der Waals surface area contributed by atoms with Crippen LogP contribution in [0.5, 0.6) is 0 Å². The molecule has 1 saturated heterocycles. The number of carbonyl (C=O) groups excluding carboxylic acids is 3. The Morgan fingerprint density at radius 3 is 2.51 bits per heavy atom. The summed E-state index contributed by atoms with van der Waals surface area (Å²) in [4.78, 5) is 50.5. The third kappa shape index (κ3) is 7.74. The Labute approximate surface area is 216 Å². The molecule has 1 fully saturated rings. The fourth-order valence-corrected chi connectivity index (χ4v) is 4.51. The topological polar surface area (TPSA) is 148 Å². The molecule has 0 spiro atoms. The molecule has 1 heterocycles. The highest BCUT2D eigenvalue weighted by molar-refractivity contribution is 5.91. The Bertz CT molecular complexity index is 1120. The van der Waals surface area contributed by atoms with Crippen molar-refractivity contribution >= 4 is 34.5 Å². The smallest absolute Gasteiger partial charge is 0.328 e. The summed E-state index contributed by atoms with van der Waals surface area (Å²) in [6, 6.07) is 11.5. The van der Waals surface area contributed by atoms with Gasteiger partial charge in [-0.05, 0) is 28.7 Å². The first kappa shape index (κ1) is 28.1. The molecule has 3 amide bonds. The number of aliphatic carboxylic acids is 1. The van der Waals surface area contributed by atoms with Crippen molar-refractivity contribution in [2.75, 3.05) is 19.7 Å². The van der Waals surface area contributed by atoms with E-state index in [1.807, 2.05) is 61.2 Å². The lowest BCUT2D eigenvalue weighted by Crippen LogP contribution is -2.53. The summed E-state index contributed by atoms with van der Waals surface area (Å²) in [5, 5.41) is 28.7. The van der Waals surface area contributed by atoms with Crippen LogP contribution in [0.25, 0.3) is 10.8 Å². The highest BCUT2D eigenvalue weighted by Gasteiger charge is 2.31. The number of hydrogen-bond acceptors (Lipinski definition) is 6. The molecule has 0 saturated carbocycles. The van der Waals surface area contributed by atoms with Crippen LogP contribution in [0.3, 0.4) is 0 Å². The Morgan fingerprint density at radius 1 is 1.14 bits per heavy atom. The number of carbonyl (C=O) groups is 4. The molecule has 5 N–H and O–H groups in total. The van der Waals surface area contributed by atoms with Crippen LogP contribution in [0.1, 0.15) is 38.7 Å². The molecule has 4 atom stereocenters. The summed E-state index contributed by atoms with van der Waals surface area (Å²) in [7, 11) is 0. The second-order valence-corrected chi connectivity index (χ2v) is 9.61. The average Bonchev–Trinajstić information content (AvgIpc) is 3.32. The molecular weight excluding hydrogens is 476 g/mol. The number of benzene rings is 2. The van der Waals surface area contributed by atoms with E-state index in [0.29, 0.717) is 25.9 Å². The molecule has 37 heavy (non-hydrogen) atoms.